The van der Waals surface area contributed by atoms with Crippen LogP contribution in [0.25, 0.3) is 0 Å². The summed E-state index contributed by atoms with van der Waals surface area (Å²) in [6, 6.07) is 0.567. The van der Waals surface area contributed by atoms with Crippen molar-refractivity contribution in [3.8, 4) is 0 Å². The maximum atomic E-state index is 12.7. The number of morpholine rings is 1. The van der Waals surface area contributed by atoms with Gasteiger partial charge in [0.15, 0.2) is 0 Å². The molecule has 154 valence electrons. The molecule has 1 unspecified atom stereocenters. The predicted molar refractivity (Wildman–Crippen MR) is 105 cm³/mol. The van der Waals surface area contributed by atoms with Crippen molar-refractivity contribution < 1.29 is 14.3 Å². The molecule has 7 heteroatoms. The molecule has 3 heterocycles. The molecule has 0 aromatic heterocycles. The van der Waals surface area contributed by atoms with E-state index < -0.39 is 0 Å². The number of likely N-dealkylation sites (tertiary alicyclic amines) is 1. The van der Waals surface area contributed by atoms with Gasteiger partial charge in [-0.2, -0.15) is 0 Å². The van der Waals surface area contributed by atoms with Crippen molar-refractivity contribution in [2.45, 2.75) is 44.6 Å². The van der Waals surface area contributed by atoms with E-state index in [0.29, 0.717) is 45.3 Å². The van der Waals surface area contributed by atoms with E-state index in [1.165, 1.54) is 19.3 Å². The highest BCUT2D eigenvalue weighted by molar-refractivity contribution is 5.78. The number of hydrogen-bond acceptors (Lipinski definition) is 5. The summed E-state index contributed by atoms with van der Waals surface area (Å²) in [6.45, 7) is 7.57. The second kappa shape index (κ2) is 10.4. The van der Waals surface area contributed by atoms with E-state index in [2.05, 4.69) is 16.8 Å². The Hall–Kier alpha value is -1.18. The van der Waals surface area contributed by atoms with Gasteiger partial charge in [0.05, 0.1) is 19.8 Å². The molecule has 3 aliphatic rings. The lowest BCUT2D eigenvalue weighted by molar-refractivity contribution is -0.136. The zero-order chi connectivity index (χ0) is 19.1. The first kappa shape index (κ1) is 20.6. The minimum atomic E-state index is 0.193. The summed E-state index contributed by atoms with van der Waals surface area (Å²) in [4.78, 5) is 33.7. The smallest absolute Gasteiger partial charge is 0.236 e. The quantitative estimate of drug-likeness (QED) is 0.701. The van der Waals surface area contributed by atoms with Crippen LogP contribution < -0.4 is 0 Å². The highest BCUT2D eigenvalue weighted by Crippen LogP contribution is 2.19. The fourth-order valence-electron chi connectivity index (χ4n) is 4.44. The van der Waals surface area contributed by atoms with E-state index in [0.717, 1.165) is 45.6 Å². The third-order valence-corrected chi connectivity index (χ3v) is 6.28. The summed E-state index contributed by atoms with van der Waals surface area (Å²) in [5.41, 5.74) is 0. The van der Waals surface area contributed by atoms with Crippen LogP contribution in [0.1, 0.15) is 38.5 Å². The van der Waals surface area contributed by atoms with Gasteiger partial charge in [0.2, 0.25) is 11.8 Å². The molecule has 3 aliphatic heterocycles. The first-order chi connectivity index (χ1) is 13.1. The van der Waals surface area contributed by atoms with Gasteiger partial charge in [-0.1, -0.05) is 6.42 Å². The molecule has 2 amide bonds. The lowest BCUT2D eigenvalue weighted by Gasteiger charge is -2.33. The highest BCUT2D eigenvalue weighted by Gasteiger charge is 2.25. The molecule has 3 rings (SSSR count). The Labute approximate surface area is 163 Å². The van der Waals surface area contributed by atoms with Gasteiger partial charge in [-0.05, 0) is 39.3 Å². The molecule has 0 aromatic carbocycles. The van der Waals surface area contributed by atoms with E-state index in [-0.39, 0.29) is 11.8 Å². The topological polar surface area (TPSA) is 56.3 Å². The van der Waals surface area contributed by atoms with Gasteiger partial charge in [-0.15, -0.1) is 0 Å². The third kappa shape index (κ3) is 6.16. The molecule has 3 fully saturated rings. The molecule has 27 heavy (non-hydrogen) atoms. The SMILES string of the molecule is CN1CCCCC1CCC(=O)N1CCCN(CC(=O)N2CCOCC2)CC1. The van der Waals surface area contributed by atoms with Crippen LogP contribution in [0.15, 0.2) is 0 Å². The van der Waals surface area contributed by atoms with Crippen LogP contribution in [0, 0.1) is 0 Å². The van der Waals surface area contributed by atoms with Crippen LogP contribution in [-0.2, 0) is 14.3 Å². The molecule has 0 radical (unpaired) electrons. The van der Waals surface area contributed by atoms with Crippen LogP contribution in [0.5, 0.6) is 0 Å². The van der Waals surface area contributed by atoms with Gasteiger partial charge < -0.3 is 19.4 Å². The molecule has 1 atom stereocenters. The molecule has 3 saturated heterocycles. The van der Waals surface area contributed by atoms with E-state index in [1.807, 2.05) is 9.80 Å². The first-order valence-electron chi connectivity index (χ1n) is 10.7. The van der Waals surface area contributed by atoms with Gasteiger partial charge in [0.25, 0.3) is 0 Å². The maximum Gasteiger partial charge on any atom is 0.236 e. The van der Waals surface area contributed by atoms with Crippen molar-refractivity contribution in [3.05, 3.63) is 0 Å². The van der Waals surface area contributed by atoms with E-state index in [1.54, 1.807) is 0 Å². The summed E-state index contributed by atoms with van der Waals surface area (Å²) >= 11 is 0. The average Bonchev–Trinajstić information content (AvgIpc) is 2.93. The van der Waals surface area contributed by atoms with Crippen LogP contribution in [0.2, 0.25) is 0 Å². The number of hydrogen-bond donors (Lipinski definition) is 0. The van der Waals surface area contributed by atoms with E-state index >= 15 is 0 Å². The first-order valence-corrected chi connectivity index (χ1v) is 10.7. The van der Waals surface area contributed by atoms with Gasteiger partial charge in [-0.3, -0.25) is 14.5 Å². The number of rotatable bonds is 5. The number of ether oxygens (including phenoxy) is 1. The summed E-state index contributed by atoms with van der Waals surface area (Å²) in [5, 5.41) is 0. The Bertz CT molecular complexity index is 496. The highest BCUT2D eigenvalue weighted by atomic mass is 16.5. The van der Waals surface area contributed by atoms with Gasteiger partial charge in [0, 0.05) is 51.7 Å². The van der Waals surface area contributed by atoms with Crippen LogP contribution >= 0.6 is 0 Å². The number of carbonyl (C=O) groups excluding carboxylic acids is 2. The van der Waals surface area contributed by atoms with E-state index in [4.69, 9.17) is 4.74 Å². The minimum Gasteiger partial charge on any atom is -0.378 e. The van der Waals surface area contributed by atoms with Crippen molar-refractivity contribution >= 4 is 11.8 Å². The summed E-state index contributed by atoms with van der Waals surface area (Å²) in [7, 11) is 2.18. The molecule has 7 nitrogen and oxygen atoms in total. The number of nitrogens with zero attached hydrogens (tertiary/aromatic N) is 4. The second-order valence-electron chi connectivity index (χ2n) is 8.17. The minimum absolute atomic E-state index is 0.193. The summed E-state index contributed by atoms with van der Waals surface area (Å²) in [5.74, 6) is 0.480. The third-order valence-electron chi connectivity index (χ3n) is 6.28. The van der Waals surface area contributed by atoms with Crippen LogP contribution in [0.4, 0.5) is 0 Å². The molecule has 0 aromatic rings. The van der Waals surface area contributed by atoms with Gasteiger partial charge >= 0.3 is 0 Å². The van der Waals surface area contributed by atoms with Gasteiger partial charge in [-0.25, -0.2) is 0 Å². The normalized spacial score (nSPS) is 26.0. The fourth-order valence-corrected chi connectivity index (χ4v) is 4.44. The Balaban J connectivity index is 1.39. The lowest BCUT2D eigenvalue weighted by atomic mass is 9.98. The standard InChI is InChI=1S/C20H36N4O3/c1-21-8-3-2-5-18(21)6-7-19(25)23-10-4-9-22(11-12-23)17-20(26)24-13-15-27-16-14-24/h18H,2-17H2,1H3. The maximum absolute atomic E-state index is 12.7. The number of carbonyl (C=O) groups is 2. The van der Waals surface area contributed by atoms with Crippen LogP contribution in [-0.4, -0.2) is 110 Å². The van der Waals surface area contributed by atoms with Crippen LogP contribution in [0.3, 0.4) is 0 Å². The molecule has 0 aliphatic carbocycles. The number of piperidine rings is 1. The Morgan fingerprint density at radius 2 is 1.63 bits per heavy atom. The molecule has 0 saturated carbocycles. The largest absolute Gasteiger partial charge is 0.378 e. The fraction of sp³-hybridized carbons (Fsp3) is 0.900. The zero-order valence-corrected chi connectivity index (χ0v) is 16.9. The van der Waals surface area contributed by atoms with Crippen molar-refractivity contribution in [2.75, 3.05) is 72.6 Å². The number of amides is 2. The predicted octanol–water partition coefficient (Wildman–Crippen LogP) is 0.644. The average molecular weight is 381 g/mol. The lowest BCUT2D eigenvalue weighted by Crippen LogP contribution is -2.46. The summed E-state index contributed by atoms with van der Waals surface area (Å²) in [6.07, 6.45) is 6.38. The van der Waals surface area contributed by atoms with Crippen molar-refractivity contribution in [2.24, 2.45) is 0 Å². The Morgan fingerprint density at radius 3 is 2.41 bits per heavy atom. The molecule has 0 N–H and O–H groups in total. The van der Waals surface area contributed by atoms with Crippen molar-refractivity contribution in [1.82, 2.24) is 19.6 Å². The molecular formula is C20H36N4O3. The van der Waals surface area contributed by atoms with Crippen molar-refractivity contribution in [1.29, 1.82) is 0 Å². The molecule has 0 spiro atoms. The molecular weight excluding hydrogens is 344 g/mol. The zero-order valence-electron chi connectivity index (χ0n) is 16.9. The molecule has 0 bridgehead atoms. The Morgan fingerprint density at radius 1 is 0.852 bits per heavy atom. The summed E-state index contributed by atoms with van der Waals surface area (Å²) < 4.78 is 5.32. The van der Waals surface area contributed by atoms with E-state index in [9.17, 15) is 9.59 Å². The second-order valence-corrected chi connectivity index (χ2v) is 8.17. The monoisotopic (exact) mass is 380 g/mol. The Kier molecular flexibility index (Phi) is 7.91. The van der Waals surface area contributed by atoms with Crippen molar-refractivity contribution in [3.63, 3.8) is 0 Å². The van der Waals surface area contributed by atoms with Gasteiger partial charge in [0.1, 0.15) is 0 Å².